The number of likely N-dealkylation sites (N-methyl/N-ethyl adjacent to an activating group) is 1. The van der Waals surface area contributed by atoms with Gasteiger partial charge in [-0.2, -0.15) is 9.41 Å². The largest absolute Gasteiger partial charge is 0.489 e. The molecule has 10 heteroatoms. The molecule has 3 aromatic rings. The number of rotatable bonds is 10. The van der Waals surface area contributed by atoms with E-state index < -0.39 is 22.5 Å². The van der Waals surface area contributed by atoms with Crippen molar-refractivity contribution in [2.24, 2.45) is 5.10 Å². The molecule has 0 aliphatic rings. The number of nitrogens with zero attached hydrogens (tertiary/aromatic N) is 2. The van der Waals surface area contributed by atoms with Crippen molar-refractivity contribution < 1.29 is 22.7 Å². The summed E-state index contributed by atoms with van der Waals surface area (Å²) in [6.07, 6.45) is 1.45. The number of nitrogens with one attached hydrogen (secondary N) is 2. The molecular formula is C25H26N4O5S. The Morgan fingerprint density at radius 3 is 2.26 bits per heavy atom. The first-order valence-electron chi connectivity index (χ1n) is 10.7. The maximum Gasteiger partial charge on any atom is 0.255 e. The van der Waals surface area contributed by atoms with E-state index in [2.05, 4.69) is 15.8 Å². The van der Waals surface area contributed by atoms with Crippen LogP contribution in [-0.4, -0.2) is 44.3 Å². The van der Waals surface area contributed by atoms with E-state index in [0.717, 1.165) is 15.4 Å². The van der Waals surface area contributed by atoms with Crippen LogP contribution in [0, 0.1) is 0 Å². The smallest absolute Gasteiger partial charge is 0.255 e. The van der Waals surface area contributed by atoms with E-state index in [0.29, 0.717) is 18.0 Å². The fourth-order valence-corrected chi connectivity index (χ4v) is 4.11. The first kappa shape index (κ1) is 25.6. The molecule has 3 rings (SSSR count). The number of benzene rings is 3. The van der Waals surface area contributed by atoms with E-state index >= 15 is 0 Å². The Balaban J connectivity index is 1.48. The second-order valence-corrected chi connectivity index (χ2v) is 9.65. The molecule has 2 N–H and O–H groups in total. The average molecular weight is 495 g/mol. The van der Waals surface area contributed by atoms with Crippen molar-refractivity contribution in [3.63, 3.8) is 0 Å². The number of hydrogen-bond donors (Lipinski definition) is 2. The maximum atomic E-state index is 12.7. The van der Waals surface area contributed by atoms with Gasteiger partial charge in [0.15, 0.2) is 0 Å². The SMILES string of the molecule is CC(=O)Nc1ccc(S(=O)(=O)N(C)CC(=O)N/N=C/c2ccc(OCc3ccccc3)cc2)cc1. The lowest BCUT2D eigenvalue weighted by Gasteiger charge is -2.16. The molecule has 0 fully saturated rings. The van der Waals surface area contributed by atoms with Crippen molar-refractivity contribution in [2.45, 2.75) is 18.4 Å². The van der Waals surface area contributed by atoms with E-state index in [1.807, 2.05) is 30.3 Å². The molecule has 0 saturated heterocycles. The second kappa shape index (κ2) is 11.9. The zero-order chi connectivity index (χ0) is 25.3. The Hall–Kier alpha value is -4.02. The minimum Gasteiger partial charge on any atom is -0.489 e. The van der Waals surface area contributed by atoms with E-state index in [4.69, 9.17) is 4.74 Å². The normalized spacial score (nSPS) is 11.4. The zero-order valence-electron chi connectivity index (χ0n) is 19.3. The third kappa shape index (κ3) is 7.76. The Kier molecular flexibility index (Phi) is 8.71. The van der Waals surface area contributed by atoms with Crippen LogP contribution in [0.1, 0.15) is 18.1 Å². The highest BCUT2D eigenvalue weighted by Crippen LogP contribution is 2.17. The molecule has 0 heterocycles. The monoisotopic (exact) mass is 494 g/mol. The predicted octanol–water partition coefficient (Wildman–Crippen LogP) is 2.99. The fourth-order valence-electron chi connectivity index (χ4n) is 2.99. The lowest BCUT2D eigenvalue weighted by molar-refractivity contribution is -0.121. The van der Waals surface area contributed by atoms with Crippen molar-refractivity contribution in [3.05, 3.63) is 90.0 Å². The van der Waals surface area contributed by atoms with Gasteiger partial charge in [0.25, 0.3) is 5.91 Å². The highest BCUT2D eigenvalue weighted by atomic mass is 32.2. The molecule has 0 aromatic heterocycles. The number of hydrogen-bond acceptors (Lipinski definition) is 6. The molecule has 35 heavy (non-hydrogen) atoms. The van der Waals surface area contributed by atoms with E-state index in [9.17, 15) is 18.0 Å². The highest BCUT2D eigenvalue weighted by molar-refractivity contribution is 7.89. The number of amides is 2. The third-order valence-electron chi connectivity index (χ3n) is 4.78. The van der Waals surface area contributed by atoms with Gasteiger partial charge in [-0.15, -0.1) is 0 Å². The summed E-state index contributed by atoms with van der Waals surface area (Å²) in [6, 6.07) is 22.7. The van der Waals surface area contributed by atoms with Gasteiger partial charge in [0.2, 0.25) is 15.9 Å². The van der Waals surface area contributed by atoms with Crippen molar-refractivity contribution in [1.29, 1.82) is 0 Å². The number of carbonyl (C=O) groups excluding carboxylic acids is 2. The fraction of sp³-hybridized carbons (Fsp3) is 0.160. The summed E-state index contributed by atoms with van der Waals surface area (Å²) >= 11 is 0. The van der Waals surface area contributed by atoms with Crippen molar-refractivity contribution in [1.82, 2.24) is 9.73 Å². The molecule has 9 nitrogen and oxygen atoms in total. The molecule has 0 radical (unpaired) electrons. The van der Waals surface area contributed by atoms with Gasteiger partial charge >= 0.3 is 0 Å². The van der Waals surface area contributed by atoms with Crippen molar-refractivity contribution >= 4 is 33.7 Å². The third-order valence-corrected chi connectivity index (χ3v) is 6.60. The maximum absolute atomic E-state index is 12.7. The minimum atomic E-state index is -3.89. The highest BCUT2D eigenvalue weighted by Gasteiger charge is 2.22. The molecule has 3 aromatic carbocycles. The van der Waals surface area contributed by atoms with Gasteiger partial charge in [-0.3, -0.25) is 9.59 Å². The molecular weight excluding hydrogens is 468 g/mol. The summed E-state index contributed by atoms with van der Waals surface area (Å²) in [5, 5.41) is 6.45. The van der Waals surface area contributed by atoms with E-state index in [1.54, 1.807) is 24.3 Å². The van der Waals surface area contributed by atoms with Crippen LogP contribution in [0.3, 0.4) is 0 Å². The Morgan fingerprint density at radius 1 is 0.971 bits per heavy atom. The predicted molar refractivity (Wildman–Crippen MR) is 134 cm³/mol. The van der Waals surface area contributed by atoms with E-state index in [-0.39, 0.29) is 10.8 Å². The molecule has 0 unspecified atom stereocenters. The van der Waals surface area contributed by atoms with Gasteiger partial charge in [0.1, 0.15) is 12.4 Å². The van der Waals surface area contributed by atoms with Crippen LogP contribution >= 0.6 is 0 Å². The Labute approximate surface area is 204 Å². The lowest BCUT2D eigenvalue weighted by Crippen LogP contribution is -2.36. The van der Waals surface area contributed by atoms with Crippen LogP contribution < -0.4 is 15.5 Å². The standard InChI is InChI=1S/C25H26N4O5S/c1-19(30)27-22-10-14-24(15-11-22)35(32,33)29(2)17-25(31)28-26-16-20-8-12-23(13-9-20)34-18-21-6-4-3-5-7-21/h3-16H,17-18H2,1-2H3,(H,27,30)(H,28,31)/b26-16+. The van der Waals surface area contributed by atoms with Gasteiger partial charge in [-0.25, -0.2) is 13.8 Å². The first-order chi connectivity index (χ1) is 16.7. The van der Waals surface area contributed by atoms with Crippen LogP contribution in [0.2, 0.25) is 0 Å². The quantitative estimate of drug-likeness (QED) is 0.332. The molecule has 182 valence electrons. The lowest BCUT2D eigenvalue weighted by atomic mass is 10.2. The molecule has 0 bridgehead atoms. The van der Waals surface area contributed by atoms with Crippen LogP contribution in [0.5, 0.6) is 5.75 Å². The summed E-state index contributed by atoms with van der Waals surface area (Å²) < 4.78 is 32.0. The number of sulfonamides is 1. The molecule has 0 aliphatic carbocycles. The number of anilines is 1. The first-order valence-corrected chi connectivity index (χ1v) is 12.1. The Morgan fingerprint density at radius 2 is 1.63 bits per heavy atom. The number of hydrazone groups is 1. The van der Waals surface area contributed by atoms with Gasteiger partial charge in [-0.1, -0.05) is 30.3 Å². The summed E-state index contributed by atoms with van der Waals surface area (Å²) in [5.74, 6) is -0.153. The molecule has 0 atom stereocenters. The topological polar surface area (TPSA) is 117 Å². The average Bonchev–Trinajstić information content (AvgIpc) is 2.84. The summed E-state index contributed by atoms with van der Waals surface area (Å²) in [6.45, 7) is 1.40. The van der Waals surface area contributed by atoms with Crippen LogP contribution in [-0.2, 0) is 26.2 Å². The van der Waals surface area contributed by atoms with Crippen LogP contribution in [0.25, 0.3) is 0 Å². The van der Waals surface area contributed by atoms with Gasteiger partial charge < -0.3 is 10.1 Å². The van der Waals surface area contributed by atoms with Gasteiger partial charge in [0.05, 0.1) is 17.7 Å². The summed E-state index contributed by atoms with van der Waals surface area (Å²) in [7, 11) is -2.59. The molecule has 2 amide bonds. The molecule has 0 aliphatic heterocycles. The zero-order valence-corrected chi connectivity index (χ0v) is 20.2. The Bertz CT molecular complexity index is 1280. The number of ether oxygens (including phenoxy) is 1. The number of carbonyl (C=O) groups is 2. The summed E-state index contributed by atoms with van der Waals surface area (Å²) in [4.78, 5) is 23.3. The van der Waals surface area contributed by atoms with Gasteiger partial charge in [0, 0.05) is 19.7 Å². The van der Waals surface area contributed by atoms with Crippen molar-refractivity contribution in [3.8, 4) is 5.75 Å². The van der Waals surface area contributed by atoms with Crippen LogP contribution in [0.15, 0.2) is 88.9 Å². The van der Waals surface area contributed by atoms with Crippen molar-refractivity contribution in [2.75, 3.05) is 18.9 Å². The minimum absolute atomic E-state index is 0.0000219. The van der Waals surface area contributed by atoms with E-state index in [1.165, 1.54) is 44.5 Å². The van der Waals surface area contributed by atoms with Crippen LogP contribution in [0.4, 0.5) is 5.69 Å². The van der Waals surface area contributed by atoms with Gasteiger partial charge in [-0.05, 0) is 59.7 Å². The molecule has 0 saturated carbocycles. The second-order valence-electron chi connectivity index (χ2n) is 7.60. The molecule has 0 spiro atoms. The summed E-state index contributed by atoms with van der Waals surface area (Å²) in [5.41, 5.74) is 4.60.